The Morgan fingerprint density at radius 2 is 1.95 bits per heavy atom. The van der Waals surface area contributed by atoms with Gasteiger partial charge in [0.05, 0.1) is 13.7 Å². The summed E-state index contributed by atoms with van der Waals surface area (Å²) in [7, 11) is 1.51. The molecule has 0 atom stereocenters. The number of aliphatic hydroxyl groups is 1. The number of benzene rings is 2. The van der Waals surface area contributed by atoms with E-state index in [1.54, 1.807) is 18.2 Å². The summed E-state index contributed by atoms with van der Waals surface area (Å²) in [5.41, 5.74) is 1.46. The highest BCUT2D eigenvalue weighted by Gasteiger charge is 2.08. The maximum absolute atomic E-state index is 12.8. The zero-order chi connectivity index (χ0) is 14.5. The number of ether oxygens (including phenoxy) is 1. The second-order valence-electron chi connectivity index (χ2n) is 4.15. The van der Waals surface area contributed by atoms with E-state index in [-0.39, 0.29) is 12.5 Å². The lowest BCUT2D eigenvalue weighted by Crippen LogP contribution is -2.12. The molecule has 0 spiro atoms. The summed E-state index contributed by atoms with van der Waals surface area (Å²) < 4.78 is 17.9. The lowest BCUT2D eigenvalue weighted by Gasteiger charge is -2.10. The molecule has 0 aliphatic heterocycles. The predicted octanol–water partition coefficient (Wildman–Crippen LogP) is 2.58. The Morgan fingerprint density at radius 1 is 1.25 bits per heavy atom. The molecule has 2 rings (SSSR count). The van der Waals surface area contributed by atoms with E-state index in [2.05, 4.69) is 5.32 Å². The number of hydrogen-bond donors (Lipinski definition) is 2. The lowest BCUT2D eigenvalue weighted by molar-refractivity contribution is 0.102. The largest absolute Gasteiger partial charge is 0.496 e. The topological polar surface area (TPSA) is 58.6 Å². The molecule has 0 fully saturated rings. The number of rotatable bonds is 4. The van der Waals surface area contributed by atoms with Crippen molar-refractivity contribution in [1.29, 1.82) is 0 Å². The molecule has 0 saturated heterocycles. The molecule has 0 unspecified atom stereocenters. The Labute approximate surface area is 115 Å². The van der Waals surface area contributed by atoms with Crippen LogP contribution in [0.5, 0.6) is 5.75 Å². The Balaban J connectivity index is 2.17. The number of methoxy groups -OCH3 is 1. The van der Waals surface area contributed by atoms with Gasteiger partial charge in [-0.1, -0.05) is 0 Å². The normalized spacial score (nSPS) is 10.2. The van der Waals surface area contributed by atoms with Crippen molar-refractivity contribution in [3.05, 3.63) is 59.4 Å². The number of halogens is 1. The van der Waals surface area contributed by atoms with Crippen molar-refractivity contribution in [3.8, 4) is 5.75 Å². The minimum Gasteiger partial charge on any atom is -0.496 e. The van der Waals surface area contributed by atoms with Crippen LogP contribution in [0.3, 0.4) is 0 Å². The standard InChI is InChI=1S/C15H14FNO3/c1-20-14-7-6-13(8-11(14)9-18)17-15(19)10-2-4-12(16)5-3-10/h2-8,18H,9H2,1H3,(H,17,19). The average molecular weight is 275 g/mol. The van der Waals surface area contributed by atoms with Gasteiger partial charge in [-0.15, -0.1) is 0 Å². The predicted molar refractivity (Wildman–Crippen MR) is 73.3 cm³/mol. The molecule has 0 radical (unpaired) electrons. The highest BCUT2D eigenvalue weighted by Crippen LogP contribution is 2.23. The second kappa shape index (κ2) is 6.16. The summed E-state index contributed by atoms with van der Waals surface area (Å²) in [6.07, 6.45) is 0. The quantitative estimate of drug-likeness (QED) is 0.901. The number of hydrogen-bond acceptors (Lipinski definition) is 3. The summed E-state index contributed by atoms with van der Waals surface area (Å²) in [4.78, 5) is 12.0. The molecular formula is C15H14FNO3. The van der Waals surface area contributed by atoms with E-state index in [1.807, 2.05) is 0 Å². The van der Waals surface area contributed by atoms with Gasteiger partial charge in [-0.05, 0) is 42.5 Å². The van der Waals surface area contributed by atoms with Gasteiger partial charge in [-0.2, -0.15) is 0 Å². The first-order chi connectivity index (χ1) is 9.63. The number of carbonyl (C=O) groups is 1. The molecule has 0 heterocycles. The van der Waals surface area contributed by atoms with Crippen molar-refractivity contribution >= 4 is 11.6 Å². The molecule has 0 aliphatic rings. The van der Waals surface area contributed by atoms with Crippen molar-refractivity contribution in [2.24, 2.45) is 0 Å². The SMILES string of the molecule is COc1ccc(NC(=O)c2ccc(F)cc2)cc1CO. The molecule has 0 aromatic heterocycles. The van der Waals surface area contributed by atoms with E-state index >= 15 is 0 Å². The van der Waals surface area contributed by atoms with Gasteiger partial charge in [0.15, 0.2) is 0 Å². The number of carbonyl (C=O) groups excluding carboxylic acids is 1. The van der Waals surface area contributed by atoms with Crippen LogP contribution in [0.1, 0.15) is 15.9 Å². The third kappa shape index (κ3) is 3.13. The summed E-state index contributed by atoms with van der Waals surface area (Å²) in [5.74, 6) is -0.195. The molecule has 5 heteroatoms. The van der Waals surface area contributed by atoms with E-state index in [9.17, 15) is 14.3 Å². The maximum Gasteiger partial charge on any atom is 0.255 e. The van der Waals surface area contributed by atoms with Gasteiger partial charge in [-0.3, -0.25) is 4.79 Å². The molecule has 0 bridgehead atoms. The lowest BCUT2D eigenvalue weighted by atomic mass is 10.1. The van der Waals surface area contributed by atoms with Crippen LogP contribution in [0.25, 0.3) is 0 Å². The Hall–Kier alpha value is -2.40. The maximum atomic E-state index is 12.8. The van der Waals surface area contributed by atoms with Gasteiger partial charge in [0.1, 0.15) is 11.6 Å². The van der Waals surface area contributed by atoms with Crippen LogP contribution in [-0.2, 0) is 6.61 Å². The molecule has 0 aliphatic carbocycles. The number of aliphatic hydroxyl groups excluding tert-OH is 1. The van der Waals surface area contributed by atoms with Crippen LogP contribution in [0.4, 0.5) is 10.1 Å². The van der Waals surface area contributed by atoms with E-state index in [1.165, 1.54) is 31.4 Å². The van der Waals surface area contributed by atoms with Gasteiger partial charge < -0.3 is 15.2 Å². The summed E-state index contributed by atoms with van der Waals surface area (Å²) >= 11 is 0. The molecular weight excluding hydrogens is 261 g/mol. The molecule has 2 aromatic carbocycles. The number of anilines is 1. The van der Waals surface area contributed by atoms with Crippen LogP contribution in [0.15, 0.2) is 42.5 Å². The van der Waals surface area contributed by atoms with Crippen LogP contribution in [0, 0.1) is 5.82 Å². The zero-order valence-electron chi connectivity index (χ0n) is 10.9. The molecule has 20 heavy (non-hydrogen) atoms. The van der Waals surface area contributed by atoms with Crippen molar-refractivity contribution in [3.63, 3.8) is 0 Å². The fourth-order valence-electron chi connectivity index (χ4n) is 1.78. The van der Waals surface area contributed by atoms with Crippen molar-refractivity contribution in [2.75, 3.05) is 12.4 Å². The van der Waals surface area contributed by atoms with Gasteiger partial charge in [-0.25, -0.2) is 4.39 Å². The first-order valence-electron chi connectivity index (χ1n) is 5.98. The third-order valence-electron chi connectivity index (χ3n) is 2.82. The summed E-state index contributed by atoms with van der Waals surface area (Å²) in [6.45, 7) is -0.191. The van der Waals surface area contributed by atoms with Gasteiger partial charge in [0.25, 0.3) is 5.91 Å². The highest BCUT2D eigenvalue weighted by molar-refractivity contribution is 6.04. The van der Waals surface area contributed by atoms with Crippen LogP contribution >= 0.6 is 0 Å². The molecule has 0 saturated carbocycles. The second-order valence-corrected chi connectivity index (χ2v) is 4.15. The molecule has 104 valence electrons. The van der Waals surface area contributed by atoms with Gasteiger partial charge in [0.2, 0.25) is 0 Å². The van der Waals surface area contributed by atoms with Crippen molar-refractivity contribution < 1.29 is 19.0 Å². The minimum absolute atomic E-state index is 0.191. The van der Waals surface area contributed by atoms with E-state index in [0.29, 0.717) is 22.6 Å². The Bertz CT molecular complexity index is 611. The van der Waals surface area contributed by atoms with E-state index in [4.69, 9.17) is 4.74 Å². The van der Waals surface area contributed by atoms with Crippen molar-refractivity contribution in [2.45, 2.75) is 6.61 Å². The van der Waals surface area contributed by atoms with Crippen LogP contribution < -0.4 is 10.1 Å². The van der Waals surface area contributed by atoms with Gasteiger partial charge in [0, 0.05) is 16.8 Å². The van der Waals surface area contributed by atoms with E-state index in [0.717, 1.165) is 0 Å². The first kappa shape index (κ1) is 14.0. The summed E-state index contributed by atoms with van der Waals surface area (Å²) in [6, 6.07) is 10.2. The number of amides is 1. The third-order valence-corrected chi connectivity index (χ3v) is 2.82. The smallest absolute Gasteiger partial charge is 0.255 e. The molecule has 4 nitrogen and oxygen atoms in total. The fraction of sp³-hybridized carbons (Fsp3) is 0.133. The fourth-order valence-corrected chi connectivity index (χ4v) is 1.78. The van der Waals surface area contributed by atoms with Gasteiger partial charge >= 0.3 is 0 Å². The molecule has 1 amide bonds. The Kier molecular flexibility index (Phi) is 4.32. The highest BCUT2D eigenvalue weighted by atomic mass is 19.1. The minimum atomic E-state index is -0.395. The monoisotopic (exact) mass is 275 g/mol. The Morgan fingerprint density at radius 3 is 2.55 bits per heavy atom. The van der Waals surface area contributed by atoms with Crippen molar-refractivity contribution in [1.82, 2.24) is 0 Å². The number of nitrogens with one attached hydrogen (secondary N) is 1. The molecule has 2 N–H and O–H groups in total. The first-order valence-corrected chi connectivity index (χ1v) is 5.98. The molecule has 2 aromatic rings. The van der Waals surface area contributed by atoms with Crippen LogP contribution in [0.2, 0.25) is 0 Å². The zero-order valence-corrected chi connectivity index (χ0v) is 10.9. The van der Waals surface area contributed by atoms with E-state index < -0.39 is 5.82 Å². The summed E-state index contributed by atoms with van der Waals surface area (Å²) in [5, 5.41) is 11.9. The van der Waals surface area contributed by atoms with Crippen LogP contribution in [-0.4, -0.2) is 18.1 Å². The average Bonchev–Trinajstić information content (AvgIpc) is 2.47.